The van der Waals surface area contributed by atoms with Crippen molar-refractivity contribution < 1.29 is 19.1 Å². The van der Waals surface area contributed by atoms with Crippen LogP contribution in [0.15, 0.2) is 18.2 Å². The van der Waals surface area contributed by atoms with E-state index in [0.29, 0.717) is 17.1 Å². The SMILES string of the molecule is CCC(=O)C(=O)c1ccc(OC)c(OC)c1. The second-order valence-corrected chi connectivity index (χ2v) is 3.18. The van der Waals surface area contributed by atoms with Crippen molar-refractivity contribution in [3.05, 3.63) is 23.8 Å². The summed E-state index contributed by atoms with van der Waals surface area (Å²) >= 11 is 0. The molecule has 0 unspecified atom stereocenters. The van der Waals surface area contributed by atoms with Gasteiger partial charge in [0.15, 0.2) is 11.5 Å². The van der Waals surface area contributed by atoms with Gasteiger partial charge in [-0.2, -0.15) is 0 Å². The van der Waals surface area contributed by atoms with Gasteiger partial charge < -0.3 is 9.47 Å². The second kappa shape index (κ2) is 5.30. The van der Waals surface area contributed by atoms with Crippen LogP contribution in [0.3, 0.4) is 0 Å². The molecule has 1 aromatic carbocycles. The topological polar surface area (TPSA) is 52.6 Å². The molecule has 0 spiro atoms. The van der Waals surface area contributed by atoms with Crippen LogP contribution in [-0.4, -0.2) is 25.8 Å². The maximum absolute atomic E-state index is 11.6. The minimum absolute atomic E-state index is 0.202. The third-order valence-corrected chi connectivity index (χ3v) is 2.22. The zero-order valence-corrected chi connectivity index (χ0v) is 9.57. The van der Waals surface area contributed by atoms with Gasteiger partial charge in [0, 0.05) is 12.0 Å². The molecule has 0 fully saturated rings. The average Bonchev–Trinajstić information content (AvgIpc) is 2.35. The van der Waals surface area contributed by atoms with Crippen LogP contribution in [0.1, 0.15) is 23.7 Å². The zero-order chi connectivity index (χ0) is 12.1. The molecule has 0 aromatic heterocycles. The van der Waals surface area contributed by atoms with E-state index in [4.69, 9.17) is 9.47 Å². The summed E-state index contributed by atoms with van der Waals surface area (Å²) in [5.41, 5.74) is 0.324. The van der Waals surface area contributed by atoms with Crippen molar-refractivity contribution in [3.8, 4) is 11.5 Å². The number of carbonyl (C=O) groups is 2. The summed E-state index contributed by atoms with van der Waals surface area (Å²) in [6.07, 6.45) is 0.202. The number of carbonyl (C=O) groups excluding carboxylic acids is 2. The minimum Gasteiger partial charge on any atom is -0.493 e. The van der Waals surface area contributed by atoms with E-state index < -0.39 is 11.6 Å². The number of Topliss-reactive ketones (excluding diaryl/α,β-unsaturated/α-hetero) is 2. The van der Waals surface area contributed by atoms with Crippen LogP contribution in [0.2, 0.25) is 0 Å². The summed E-state index contributed by atoms with van der Waals surface area (Å²) in [7, 11) is 2.99. The third-order valence-electron chi connectivity index (χ3n) is 2.22. The molecule has 0 saturated carbocycles. The standard InChI is InChI=1S/C12H14O4/c1-4-9(13)12(14)8-5-6-10(15-2)11(7-8)16-3/h5-7H,4H2,1-3H3. The van der Waals surface area contributed by atoms with Crippen molar-refractivity contribution in [1.82, 2.24) is 0 Å². The summed E-state index contributed by atoms with van der Waals surface area (Å²) in [5, 5.41) is 0. The highest BCUT2D eigenvalue weighted by Gasteiger charge is 2.16. The fraction of sp³-hybridized carbons (Fsp3) is 0.333. The first-order valence-electron chi connectivity index (χ1n) is 4.93. The number of hydrogen-bond acceptors (Lipinski definition) is 4. The van der Waals surface area contributed by atoms with Crippen LogP contribution >= 0.6 is 0 Å². The Morgan fingerprint density at radius 2 is 1.75 bits per heavy atom. The van der Waals surface area contributed by atoms with E-state index in [1.165, 1.54) is 20.3 Å². The van der Waals surface area contributed by atoms with E-state index >= 15 is 0 Å². The molecule has 16 heavy (non-hydrogen) atoms. The molecule has 0 bridgehead atoms. The van der Waals surface area contributed by atoms with Gasteiger partial charge in [0.05, 0.1) is 14.2 Å². The van der Waals surface area contributed by atoms with Crippen molar-refractivity contribution in [1.29, 1.82) is 0 Å². The summed E-state index contributed by atoms with van der Waals surface area (Å²) in [5.74, 6) is 0.0657. The fourth-order valence-electron chi connectivity index (χ4n) is 1.30. The van der Waals surface area contributed by atoms with Crippen molar-refractivity contribution >= 4 is 11.6 Å². The number of ether oxygens (including phenoxy) is 2. The Labute approximate surface area is 94.2 Å². The van der Waals surface area contributed by atoms with Crippen LogP contribution in [0.4, 0.5) is 0 Å². The van der Waals surface area contributed by atoms with Gasteiger partial charge >= 0.3 is 0 Å². The largest absolute Gasteiger partial charge is 0.493 e. The zero-order valence-electron chi connectivity index (χ0n) is 9.57. The summed E-state index contributed by atoms with van der Waals surface area (Å²) < 4.78 is 10.1. The predicted molar refractivity (Wildman–Crippen MR) is 59.2 cm³/mol. The lowest BCUT2D eigenvalue weighted by molar-refractivity contribution is -0.114. The Kier molecular flexibility index (Phi) is 4.05. The molecule has 0 aliphatic heterocycles. The Morgan fingerprint density at radius 3 is 2.25 bits per heavy atom. The van der Waals surface area contributed by atoms with Crippen LogP contribution in [0.5, 0.6) is 11.5 Å². The van der Waals surface area contributed by atoms with Crippen LogP contribution < -0.4 is 9.47 Å². The lowest BCUT2D eigenvalue weighted by Gasteiger charge is -2.08. The van der Waals surface area contributed by atoms with Crippen molar-refractivity contribution in [2.24, 2.45) is 0 Å². The van der Waals surface area contributed by atoms with E-state index in [1.54, 1.807) is 19.1 Å². The van der Waals surface area contributed by atoms with E-state index in [2.05, 4.69) is 0 Å². The Morgan fingerprint density at radius 1 is 1.12 bits per heavy atom. The molecular formula is C12H14O4. The molecule has 0 heterocycles. The number of methoxy groups -OCH3 is 2. The number of hydrogen-bond donors (Lipinski definition) is 0. The molecular weight excluding hydrogens is 208 g/mol. The van der Waals surface area contributed by atoms with E-state index in [-0.39, 0.29) is 6.42 Å². The highest BCUT2D eigenvalue weighted by molar-refractivity contribution is 6.43. The van der Waals surface area contributed by atoms with E-state index in [0.717, 1.165) is 0 Å². The minimum atomic E-state index is -0.497. The number of benzene rings is 1. The van der Waals surface area contributed by atoms with Crippen LogP contribution in [0.25, 0.3) is 0 Å². The molecule has 0 radical (unpaired) electrons. The first-order valence-corrected chi connectivity index (χ1v) is 4.93. The molecule has 86 valence electrons. The molecule has 4 heteroatoms. The molecule has 0 aliphatic carbocycles. The molecule has 0 amide bonds. The van der Waals surface area contributed by atoms with Gasteiger partial charge in [-0.25, -0.2) is 0 Å². The summed E-state index contributed by atoms with van der Waals surface area (Å²) in [6, 6.07) is 4.67. The Bertz CT molecular complexity index is 409. The molecule has 0 N–H and O–H groups in total. The monoisotopic (exact) mass is 222 g/mol. The average molecular weight is 222 g/mol. The van der Waals surface area contributed by atoms with Gasteiger partial charge in [-0.1, -0.05) is 6.92 Å². The van der Waals surface area contributed by atoms with Gasteiger partial charge in [-0.05, 0) is 18.2 Å². The molecule has 1 aromatic rings. The summed E-state index contributed by atoms with van der Waals surface area (Å²) in [4.78, 5) is 22.8. The molecule has 0 aliphatic rings. The first kappa shape index (κ1) is 12.2. The smallest absolute Gasteiger partial charge is 0.228 e. The first-order chi connectivity index (χ1) is 7.63. The summed E-state index contributed by atoms with van der Waals surface area (Å²) in [6.45, 7) is 1.65. The van der Waals surface area contributed by atoms with Crippen molar-refractivity contribution in [2.45, 2.75) is 13.3 Å². The number of ketones is 2. The molecule has 1 rings (SSSR count). The van der Waals surface area contributed by atoms with Gasteiger partial charge in [0.2, 0.25) is 11.6 Å². The van der Waals surface area contributed by atoms with Crippen LogP contribution in [0, 0.1) is 0 Å². The normalized spacial score (nSPS) is 9.69. The second-order valence-electron chi connectivity index (χ2n) is 3.18. The Hall–Kier alpha value is -1.84. The van der Waals surface area contributed by atoms with E-state index in [9.17, 15) is 9.59 Å². The maximum Gasteiger partial charge on any atom is 0.228 e. The molecule has 4 nitrogen and oxygen atoms in total. The predicted octanol–water partition coefficient (Wildman–Crippen LogP) is 1.87. The molecule has 0 atom stereocenters. The lowest BCUT2D eigenvalue weighted by Crippen LogP contribution is -2.12. The molecule has 0 saturated heterocycles. The van der Waals surface area contributed by atoms with Crippen LogP contribution in [-0.2, 0) is 4.79 Å². The highest BCUT2D eigenvalue weighted by atomic mass is 16.5. The van der Waals surface area contributed by atoms with Gasteiger partial charge in [0.1, 0.15) is 0 Å². The highest BCUT2D eigenvalue weighted by Crippen LogP contribution is 2.27. The van der Waals surface area contributed by atoms with Gasteiger partial charge in [0.25, 0.3) is 0 Å². The lowest BCUT2D eigenvalue weighted by atomic mass is 10.1. The van der Waals surface area contributed by atoms with E-state index in [1.807, 2.05) is 0 Å². The van der Waals surface area contributed by atoms with Crippen molar-refractivity contribution in [2.75, 3.05) is 14.2 Å². The fourth-order valence-corrected chi connectivity index (χ4v) is 1.30. The van der Waals surface area contributed by atoms with Gasteiger partial charge in [-0.3, -0.25) is 9.59 Å². The quantitative estimate of drug-likeness (QED) is 0.563. The van der Waals surface area contributed by atoms with Gasteiger partial charge in [-0.15, -0.1) is 0 Å². The maximum atomic E-state index is 11.6. The Balaban J connectivity index is 3.08. The number of rotatable bonds is 5. The third kappa shape index (κ3) is 2.39. The van der Waals surface area contributed by atoms with Crippen molar-refractivity contribution in [3.63, 3.8) is 0 Å².